The lowest BCUT2D eigenvalue weighted by Crippen LogP contribution is -2.43. The number of β-amino-alcohol motifs (C(OH)–C–C–N with tert-alkyl or cyclic N) is 1. The molecule has 1 aliphatic heterocycles. The van der Waals surface area contributed by atoms with Gasteiger partial charge in [0, 0.05) is 13.0 Å². The molecule has 0 aliphatic carbocycles. The Bertz CT molecular complexity index is 576. The number of nitrogens with zero attached hydrogens (tertiary/aromatic N) is 2. The largest absolute Gasteiger partial charge is 0.379 e. The molecule has 0 radical (unpaired) electrons. The first kappa shape index (κ1) is 13.2. The van der Waals surface area contributed by atoms with E-state index >= 15 is 0 Å². The minimum absolute atomic E-state index is 0.252. The number of rotatable bonds is 3. The fourth-order valence-corrected chi connectivity index (χ4v) is 2.37. The van der Waals surface area contributed by atoms with Gasteiger partial charge in [-0.25, -0.2) is 4.39 Å². The van der Waals surface area contributed by atoms with Crippen molar-refractivity contribution >= 4 is 0 Å². The molecular formula is C14H16FN3O2. The summed E-state index contributed by atoms with van der Waals surface area (Å²) in [4.78, 5) is 4.26. The Kier molecular flexibility index (Phi) is 3.50. The molecular weight excluding hydrogens is 261 g/mol. The number of hydrogen-bond donors (Lipinski definition) is 2. The van der Waals surface area contributed by atoms with Crippen LogP contribution in [0.2, 0.25) is 0 Å². The van der Waals surface area contributed by atoms with Crippen LogP contribution < -0.4 is 5.32 Å². The smallest absolute Gasteiger partial charge is 0.259 e. The van der Waals surface area contributed by atoms with Crippen LogP contribution in [-0.4, -0.2) is 28.3 Å². The number of piperidine rings is 1. The van der Waals surface area contributed by atoms with E-state index in [1.165, 1.54) is 12.1 Å². The van der Waals surface area contributed by atoms with Gasteiger partial charge in [0.15, 0.2) is 11.4 Å². The maximum absolute atomic E-state index is 12.8. The molecule has 1 fully saturated rings. The van der Waals surface area contributed by atoms with Gasteiger partial charge in [0.25, 0.3) is 5.89 Å². The average Bonchev–Trinajstić information content (AvgIpc) is 2.92. The van der Waals surface area contributed by atoms with Crippen LogP contribution >= 0.6 is 0 Å². The third-order valence-corrected chi connectivity index (χ3v) is 3.50. The van der Waals surface area contributed by atoms with Crippen LogP contribution in [0.5, 0.6) is 0 Å². The van der Waals surface area contributed by atoms with Crippen LogP contribution in [0.3, 0.4) is 0 Å². The first-order chi connectivity index (χ1) is 9.66. The van der Waals surface area contributed by atoms with Gasteiger partial charge in [0.1, 0.15) is 5.82 Å². The zero-order valence-electron chi connectivity index (χ0n) is 11.0. The SMILES string of the molecule is OC1(c2nc(Cc3ccc(F)cc3)no2)CCCNC1. The summed E-state index contributed by atoms with van der Waals surface area (Å²) in [6.45, 7) is 1.31. The van der Waals surface area contributed by atoms with E-state index in [0.29, 0.717) is 25.2 Å². The van der Waals surface area contributed by atoms with Gasteiger partial charge in [0.2, 0.25) is 0 Å². The molecule has 2 aromatic rings. The van der Waals surface area contributed by atoms with Crippen LogP contribution in [0.15, 0.2) is 28.8 Å². The topological polar surface area (TPSA) is 71.2 Å². The second-order valence-electron chi connectivity index (χ2n) is 5.13. The summed E-state index contributed by atoms with van der Waals surface area (Å²) in [5, 5.41) is 17.5. The zero-order chi connectivity index (χ0) is 14.0. The molecule has 2 N–H and O–H groups in total. The summed E-state index contributed by atoms with van der Waals surface area (Å²) in [7, 11) is 0. The molecule has 5 nitrogen and oxygen atoms in total. The zero-order valence-corrected chi connectivity index (χ0v) is 11.0. The fraction of sp³-hybridized carbons (Fsp3) is 0.429. The molecule has 0 saturated carbocycles. The van der Waals surface area contributed by atoms with E-state index in [9.17, 15) is 9.50 Å². The van der Waals surface area contributed by atoms with E-state index < -0.39 is 5.60 Å². The van der Waals surface area contributed by atoms with Crippen molar-refractivity contribution in [2.75, 3.05) is 13.1 Å². The van der Waals surface area contributed by atoms with Crippen LogP contribution in [0.4, 0.5) is 4.39 Å². The number of hydrogen-bond acceptors (Lipinski definition) is 5. The van der Waals surface area contributed by atoms with Gasteiger partial charge >= 0.3 is 0 Å². The first-order valence-corrected chi connectivity index (χ1v) is 6.66. The third-order valence-electron chi connectivity index (χ3n) is 3.50. The van der Waals surface area contributed by atoms with E-state index in [1.807, 2.05) is 0 Å². The quantitative estimate of drug-likeness (QED) is 0.886. The number of aromatic nitrogens is 2. The Morgan fingerprint density at radius 2 is 2.15 bits per heavy atom. The molecule has 0 bridgehead atoms. The van der Waals surface area contributed by atoms with Crippen molar-refractivity contribution in [1.29, 1.82) is 0 Å². The van der Waals surface area contributed by atoms with E-state index in [0.717, 1.165) is 18.5 Å². The molecule has 0 amide bonds. The lowest BCUT2D eigenvalue weighted by Gasteiger charge is -2.28. The predicted octanol–water partition coefficient (Wildman–Crippen LogP) is 1.37. The molecule has 1 atom stereocenters. The Morgan fingerprint density at radius 3 is 2.85 bits per heavy atom. The highest BCUT2D eigenvalue weighted by molar-refractivity contribution is 5.19. The number of benzene rings is 1. The first-order valence-electron chi connectivity index (χ1n) is 6.66. The van der Waals surface area contributed by atoms with Gasteiger partial charge in [-0.2, -0.15) is 4.98 Å². The van der Waals surface area contributed by atoms with Crippen molar-refractivity contribution in [1.82, 2.24) is 15.5 Å². The fourth-order valence-electron chi connectivity index (χ4n) is 2.37. The van der Waals surface area contributed by atoms with E-state index in [2.05, 4.69) is 15.5 Å². The van der Waals surface area contributed by atoms with Gasteiger partial charge in [-0.05, 0) is 37.1 Å². The van der Waals surface area contributed by atoms with Gasteiger partial charge in [-0.15, -0.1) is 0 Å². The minimum Gasteiger partial charge on any atom is -0.379 e. The molecule has 6 heteroatoms. The summed E-state index contributed by atoms with van der Waals surface area (Å²) in [6, 6.07) is 6.16. The van der Waals surface area contributed by atoms with E-state index in [4.69, 9.17) is 4.52 Å². The molecule has 2 heterocycles. The predicted molar refractivity (Wildman–Crippen MR) is 69.5 cm³/mol. The lowest BCUT2D eigenvalue weighted by atomic mass is 9.94. The van der Waals surface area contributed by atoms with Crippen molar-refractivity contribution < 1.29 is 14.0 Å². The van der Waals surface area contributed by atoms with Crippen molar-refractivity contribution in [3.05, 3.63) is 47.4 Å². The molecule has 1 aliphatic rings. The van der Waals surface area contributed by atoms with E-state index in [-0.39, 0.29) is 11.7 Å². The van der Waals surface area contributed by atoms with Gasteiger partial charge in [-0.3, -0.25) is 0 Å². The van der Waals surface area contributed by atoms with E-state index in [1.54, 1.807) is 12.1 Å². The third kappa shape index (κ3) is 2.71. The molecule has 20 heavy (non-hydrogen) atoms. The molecule has 106 valence electrons. The van der Waals surface area contributed by atoms with Gasteiger partial charge in [0.05, 0.1) is 0 Å². The van der Waals surface area contributed by atoms with Crippen LogP contribution in [-0.2, 0) is 12.0 Å². The Balaban J connectivity index is 1.74. The lowest BCUT2D eigenvalue weighted by molar-refractivity contribution is -0.0167. The maximum Gasteiger partial charge on any atom is 0.259 e. The highest BCUT2D eigenvalue weighted by Gasteiger charge is 2.36. The standard InChI is InChI=1S/C14H16FN3O2/c15-11-4-2-10(3-5-11)8-12-17-13(20-18-12)14(19)6-1-7-16-9-14/h2-5,16,19H,1,6-9H2. The average molecular weight is 277 g/mol. The summed E-state index contributed by atoms with van der Waals surface area (Å²) in [5.41, 5.74) is -0.181. The van der Waals surface area contributed by atoms with Crippen molar-refractivity contribution in [3.63, 3.8) is 0 Å². The molecule has 0 spiro atoms. The van der Waals surface area contributed by atoms with Crippen molar-refractivity contribution in [3.8, 4) is 0 Å². The molecule has 3 rings (SSSR count). The monoisotopic (exact) mass is 277 g/mol. The van der Waals surface area contributed by atoms with Crippen LogP contribution in [0.25, 0.3) is 0 Å². The minimum atomic E-state index is -1.08. The number of nitrogens with one attached hydrogen (secondary N) is 1. The second kappa shape index (κ2) is 5.30. The Morgan fingerprint density at radius 1 is 1.35 bits per heavy atom. The Hall–Kier alpha value is -1.79. The van der Waals surface area contributed by atoms with Gasteiger partial charge < -0.3 is 14.9 Å². The van der Waals surface area contributed by atoms with Crippen LogP contribution in [0.1, 0.15) is 30.1 Å². The summed E-state index contributed by atoms with van der Waals surface area (Å²) < 4.78 is 18.0. The summed E-state index contributed by atoms with van der Waals surface area (Å²) in [6.07, 6.45) is 1.93. The highest BCUT2D eigenvalue weighted by Crippen LogP contribution is 2.27. The highest BCUT2D eigenvalue weighted by atomic mass is 19.1. The normalized spacial score (nSPS) is 22.9. The molecule has 1 unspecified atom stereocenters. The second-order valence-corrected chi connectivity index (χ2v) is 5.13. The summed E-state index contributed by atoms with van der Waals surface area (Å²) in [5.74, 6) is 0.470. The van der Waals surface area contributed by atoms with Crippen LogP contribution in [0, 0.1) is 5.82 Å². The van der Waals surface area contributed by atoms with Crippen molar-refractivity contribution in [2.45, 2.75) is 24.9 Å². The molecule has 1 aromatic carbocycles. The Labute approximate surface area is 115 Å². The molecule has 1 saturated heterocycles. The van der Waals surface area contributed by atoms with Crippen molar-refractivity contribution in [2.24, 2.45) is 0 Å². The summed E-state index contributed by atoms with van der Waals surface area (Å²) >= 11 is 0. The maximum atomic E-state index is 12.8. The molecule has 1 aromatic heterocycles. The number of halogens is 1. The number of aliphatic hydroxyl groups is 1. The van der Waals surface area contributed by atoms with Gasteiger partial charge in [-0.1, -0.05) is 17.3 Å².